The van der Waals surface area contributed by atoms with Crippen LogP contribution in [0.3, 0.4) is 0 Å². The molecule has 2 aromatic heterocycles. The number of rotatable bonds is 8. The van der Waals surface area contributed by atoms with Crippen LogP contribution in [-0.4, -0.2) is 34.3 Å². The van der Waals surface area contributed by atoms with E-state index in [4.69, 9.17) is 4.74 Å². The van der Waals surface area contributed by atoms with Gasteiger partial charge in [0, 0.05) is 41.5 Å². The van der Waals surface area contributed by atoms with Crippen LogP contribution >= 0.6 is 0 Å². The van der Waals surface area contributed by atoms with Gasteiger partial charge >= 0.3 is 6.18 Å². The third-order valence-electron chi connectivity index (χ3n) is 7.18. The van der Waals surface area contributed by atoms with Crippen molar-refractivity contribution < 1.29 is 31.5 Å². The molecular weight excluding hydrogens is 543 g/mol. The lowest BCUT2D eigenvalue weighted by Gasteiger charge is -2.21. The van der Waals surface area contributed by atoms with E-state index >= 15 is 0 Å². The van der Waals surface area contributed by atoms with Crippen molar-refractivity contribution in [2.45, 2.75) is 44.3 Å². The highest BCUT2D eigenvalue weighted by atomic mass is 19.4. The first kappa shape index (κ1) is 28.3. The molecule has 0 fully saturated rings. The Labute approximate surface area is 233 Å². The Balaban J connectivity index is 1.45. The van der Waals surface area contributed by atoms with E-state index in [1.54, 1.807) is 31.5 Å². The Hall–Kier alpha value is -4.28. The first-order valence-electron chi connectivity index (χ1n) is 13.1. The second kappa shape index (κ2) is 11.7. The maximum Gasteiger partial charge on any atom is 0.435 e. The smallest absolute Gasteiger partial charge is 0.435 e. The number of methoxy groups -OCH3 is 1. The van der Waals surface area contributed by atoms with Crippen LogP contribution in [0.15, 0.2) is 60.8 Å². The van der Waals surface area contributed by atoms with Crippen LogP contribution in [-0.2, 0) is 30.4 Å². The van der Waals surface area contributed by atoms with Gasteiger partial charge in [0.15, 0.2) is 5.69 Å². The van der Waals surface area contributed by atoms with Gasteiger partial charge in [-0.25, -0.2) is 8.78 Å². The molecule has 0 bridgehead atoms. The highest BCUT2D eigenvalue weighted by Gasteiger charge is 2.39. The highest BCUT2D eigenvalue weighted by molar-refractivity contribution is 5.76. The lowest BCUT2D eigenvalue weighted by molar-refractivity contribution is -0.142. The number of benzene rings is 2. The molecule has 6 nitrogen and oxygen atoms in total. The molecule has 1 aliphatic carbocycles. The number of hydrogen-bond donors (Lipinski definition) is 1. The number of hydrogen-bond acceptors (Lipinski definition) is 4. The Morgan fingerprint density at radius 1 is 1.05 bits per heavy atom. The minimum atomic E-state index is -4.62. The number of nitrogens with zero attached hydrogens (tertiary/aromatic N) is 3. The second-order valence-corrected chi connectivity index (χ2v) is 9.86. The average molecular weight is 571 g/mol. The van der Waals surface area contributed by atoms with E-state index in [9.17, 15) is 26.7 Å². The average Bonchev–Trinajstić information content (AvgIpc) is 3.32. The number of nitrogens with one attached hydrogen (secondary N) is 1. The number of carbonyl (C=O) groups excluding carboxylic acids is 1. The van der Waals surface area contributed by atoms with Crippen molar-refractivity contribution in [1.29, 1.82) is 0 Å². The topological polar surface area (TPSA) is 69.0 Å². The molecule has 1 unspecified atom stereocenters. The zero-order valence-electron chi connectivity index (χ0n) is 22.1. The van der Waals surface area contributed by atoms with E-state index in [-0.39, 0.29) is 24.1 Å². The molecule has 2 aromatic carbocycles. The summed E-state index contributed by atoms with van der Waals surface area (Å²) >= 11 is 0. The SMILES string of the molecule is COc1ccc(-c2cccnc2C(CNC(=O)Cn2nc(C(F)(F)F)c3c2CCCC3)c2cc(F)cc(F)c2)cc1. The Morgan fingerprint density at radius 2 is 1.76 bits per heavy atom. The fourth-order valence-electron chi connectivity index (χ4n) is 5.30. The van der Waals surface area contributed by atoms with Crippen molar-refractivity contribution >= 4 is 5.91 Å². The molecule has 0 aliphatic heterocycles. The van der Waals surface area contributed by atoms with Crippen LogP contribution in [0.5, 0.6) is 5.75 Å². The van der Waals surface area contributed by atoms with Crippen LogP contribution in [0.2, 0.25) is 0 Å². The minimum absolute atomic E-state index is 0.114. The third kappa shape index (κ3) is 6.23. The number of pyridine rings is 1. The molecule has 41 heavy (non-hydrogen) atoms. The molecule has 214 valence electrons. The maximum absolute atomic E-state index is 14.3. The summed E-state index contributed by atoms with van der Waals surface area (Å²) in [5, 5.41) is 6.48. The van der Waals surface area contributed by atoms with E-state index in [2.05, 4.69) is 15.4 Å². The number of halogens is 5. The predicted octanol–water partition coefficient (Wildman–Crippen LogP) is 6.08. The molecule has 0 saturated heterocycles. The van der Waals surface area contributed by atoms with Crippen molar-refractivity contribution in [2.24, 2.45) is 0 Å². The van der Waals surface area contributed by atoms with Crippen molar-refractivity contribution in [2.75, 3.05) is 13.7 Å². The number of ether oxygens (including phenoxy) is 1. The summed E-state index contributed by atoms with van der Waals surface area (Å²) in [6.07, 6.45) is -1.09. The van der Waals surface area contributed by atoms with Gasteiger partial charge in [0.05, 0.1) is 12.8 Å². The van der Waals surface area contributed by atoms with Crippen molar-refractivity contribution in [3.8, 4) is 16.9 Å². The largest absolute Gasteiger partial charge is 0.497 e. The van der Waals surface area contributed by atoms with Gasteiger partial charge in [0.25, 0.3) is 0 Å². The van der Waals surface area contributed by atoms with Gasteiger partial charge in [-0.15, -0.1) is 0 Å². The van der Waals surface area contributed by atoms with E-state index in [0.29, 0.717) is 42.0 Å². The molecule has 1 atom stereocenters. The predicted molar refractivity (Wildman–Crippen MR) is 141 cm³/mol. The summed E-state index contributed by atoms with van der Waals surface area (Å²) in [6.45, 7) is -0.534. The summed E-state index contributed by atoms with van der Waals surface area (Å²) in [5.74, 6) is -2.30. The Morgan fingerprint density at radius 3 is 2.44 bits per heavy atom. The van der Waals surface area contributed by atoms with Crippen LogP contribution in [0.25, 0.3) is 11.1 Å². The molecule has 0 radical (unpaired) electrons. The summed E-state index contributed by atoms with van der Waals surface area (Å²) in [5.41, 5.74) is 1.74. The fraction of sp³-hybridized carbons (Fsp3) is 0.300. The first-order chi connectivity index (χ1) is 19.6. The number of fused-ring (bicyclic) bond motifs is 1. The van der Waals surface area contributed by atoms with Crippen LogP contribution in [0.4, 0.5) is 22.0 Å². The molecule has 5 rings (SSSR count). The van der Waals surface area contributed by atoms with Gasteiger partial charge in [0.2, 0.25) is 5.91 Å². The summed E-state index contributed by atoms with van der Waals surface area (Å²) in [6, 6.07) is 13.8. The van der Waals surface area contributed by atoms with Crippen molar-refractivity contribution in [3.05, 3.63) is 101 Å². The normalized spacial score (nSPS) is 13.9. The molecule has 1 aliphatic rings. The van der Waals surface area contributed by atoms with Gasteiger partial charge < -0.3 is 10.1 Å². The lowest BCUT2D eigenvalue weighted by atomic mass is 9.89. The minimum Gasteiger partial charge on any atom is -0.497 e. The highest BCUT2D eigenvalue weighted by Crippen LogP contribution is 2.36. The lowest BCUT2D eigenvalue weighted by Crippen LogP contribution is -2.33. The second-order valence-electron chi connectivity index (χ2n) is 9.86. The van der Waals surface area contributed by atoms with Crippen molar-refractivity contribution in [1.82, 2.24) is 20.1 Å². The van der Waals surface area contributed by atoms with Crippen LogP contribution < -0.4 is 10.1 Å². The summed E-state index contributed by atoms with van der Waals surface area (Å²) in [7, 11) is 1.55. The number of alkyl halides is 3. The van der Waals surface area contributed by atoms with E-state index in [0.717, 1.165) is 16.3 Å². The Bertz CT molecular complexity index is 1530. The number of aromatic nitrogens is 3. The van der Waals surface area contributed by atoms with Crippen molar-refractivity contribution in [3.63, 3.8) is 0 Å². The van der Waals surface area contributed by atoms with Crippen LogP contribution in [0, 0.1) is 11.6 Å². The van der Waals surface area contributed by atoms with Gasteiger partial charge in [-0.2, -0.15) is 18.3 Å². The summed E-state index contributed by atoms with van der Waals surface area (Å²) < 4.78 is 75.7. The first-order valence-corrected chi connectivity index (χ1v) is 13.1. The zero-order valence-corrected chi connectivity index (χ0v) is 22.1. The fourth-order valence-corrected chi connectivity index (χ4v) is 5.30. The molecule has 0 saturated carbocycles. The van der Waals surface area contributed by atoms with Gasteiger partial charge in [0.1, 0.15) is 23.9 Å². The molecule has 1 N–H and O–H groups in total. The molecule has 0 spiro atoms. The van der Waals surface area contributed by atoms with Crippen LogP contribution in [0.1, 0.15) is 47.0 Å². The van der Waals surface area contributed by atoms with E-state index in [1.165, 1.54) is 12.1 Å². The van der Waals surface area contributed by atoms with Gasteiger partial charge in [-0.1, -0.05) is 18.2 Å². The van der Waals surface area contributed by atoms with E-state index in [1.807, 2.05) is 18.2 Å². The number of amides is 1. The van der Waals surface area contributed by atoms with Gasteiger partial charge in [-0.05, 0) is 67.1 Å². The third-order valence-corrected chi connectivity index (χ3v) is 7.18. The zero-order chi connectivity index (χ0) is 29.1. The molecular formula is C30H27F5N4O2. The standard InChI is InChI=1S/C30H27F5N4O2/c1-41-22-10-8-18(9-11-22)23-6-4-12-36-28(23)25(19-13-20(31)15-21(32)14-19)16-37-27(40)17-39-26-7-3-2-5-24(26)29(38-39)30(33,34)35/h4,6,8-15,25H,2-3,5,7,16-17H2,1H3,(H,37,40). The summed E-state index contributed by atoms with van der Waals surface area (Å²) in [4.78, 5) is 17.6. The monoisotopic (exact) mass is 570 g/mol. The molecule has 11 heteroatoms. The molecule has 1 amide bonds. The Kier molecular flexibility index (Phi) is 8.05. The van der Waals surface area contributed by atoms with Gasteiger partial charge in [-0.3, -0.25) is 14.5 Å². The molecule has 4 aromatic rings. The maximum atomic E-state index is 14.3. The number of carbonyl (C=O) groups is 1. The quantitative estimate of drug-likeness (QED) is 0.261. The molecule has 2 heterocycles. The van der Waals surface area contributed by atoms with E-state index < -0.39 is 41.9 Å².